The minimum absolute atomic E-state index is 0.175. The van der Waals surface area contributed by atoms with Crippen LogP contribution in [0.15, 0.2) is 42.7 Å². The molecule has 0 aliphatic heterocycles. The summed E-state index contributed by atoms with van der Waals surface area (Å²) in [6, 6.07) is 9.22. The van der Waals surface area contributed by atoms with E-state index in [1.165, 1.54) is 0 Å². The van der Waals surface area contributed by atoms with Crippen LogP contribution in [0.25, 0.3) is 0 Å². The van der Waals surface area contributed by atoms with Crippen molar-refractivity contribution in [1.82, 2.24) is 9.97 Å². The van der Waals surface area contributed by atoms with Crippen LogP contribution in [0, 0.1) is 6.92 Å². The molecule has 1 heterocycles. The number of nitrogens with zero attached hydrogens (tertiary/aromatic N) is 2. The van der Waals surface area contributed by atoms with Crippen LogP contribution in [-0.2, 0) is 0 Å². The molecule has 1 aromatic heterocycles. The molecule has 0 aliphatic carbocycles. The second-order valence-corrected chi connectivity index (χ2v) is 3.40. The van der Waals surface area contributed by atoms with Gasteiger partial charge in [0, 0.05) is 18.1 Å². The van der Waals surface area contributed by atoms with Crippen molar-refractivity contribution in [2.24, 2.45) is 0 Å². The van der Waals surface area contributed by atoms with E-state index >= 15 is 0 Å². The molecule has 16 heavy (non-hydrogen) atoms. The molecule has 1 amide bonds. The highest BCUT2D eigenvalue weighted by Gasteiger charge is 2.07. The summed E-state index contributed by atoms with van der Waals surface area (Å²) in [6.45, 7) is 1.87. The molecule has 4 nitrogen and oxygen atoms in total. The van der Waals surface area contributed by atoms with E-state index in [0.717, 1.165) is 11.3 Å². The third-order valence-corrected chi connectivity index (χ3v) is 2.02. The molecule has 0 saturated carbocycles. The molecular weight excluding hydrogens is 202 g/mol. The number of rotatable bonds is 2. The smallest absolute Gasteiger partial charge is 0.293 e. The summed E-state index contributed by atoms with van der Waals surface area (Å²) in [6.07, 6.45) is 3.24. The molecule has 0 radical (unpaired) electrons. The van der Waals surface area contributed by atoms with Crippen molar-refractivity contribution in [1.29, 1.82) is 0 Å². The monoisotopic (exact) mass is 213 g/mol. The van der Waals surface area contributed by atoms with Gasteiger partial charge in [0.2, 0.25) is 5.82 Å². The quantitative estimate of drug-likeness (QED) is 0.830. The average Bonchev–Trinajstić information content (AvgIpc) is 2.31. The lowest BCUT2D eigenvalue weighted by atomic mass is 10.3. The second-order valence-electron chi connectivity index (χ2n) is 3.40. The number of para-hydroxylation sites is 1. The molecule has 80 valence electrons. The average molecular weight is 213 g/mol. The predicted molar refractivity (Wildman–Crippen MR) is 61.2 cm³/mol. The maximum Gasteiger partial charge on any atom is 0.293 e. The summed E-state index contributed by atoms with van der Waals surface area (Å²) in [5, 5.41) is 2.71. The number of aryl methyl sites for hydroxylation is 1. The maximum atomic E-state index is 11.7. The molecule has 0 aliphatic rings. The minimum Gasteiger partial charge on any atom is -0.319 e. The van der Waals surface area contributed by atoms with E-state index in [9.17, 15) is 4.79 Å². The number of carbonyl (C=O) groups is 1. The minimum atomic E-state index is -0.300. The molecule has 2 aromatic rings. The lowest BCUT2D eigenvalue weighted by Crippen LogP contribution is -2.15. The van der Waals surface area contributed by atoms with Crippen molar-refractivity contribution in [2.45, 2.75) is 6.92 Å². The van der Waals surface area contributed by atoms with Crippen LogP contribution in [0.5, 0.6) is 0 Å². The van der Waals surface area contributed by atoms with Crippen LogP contribution in [0.3, 0.4) is 0 Å². The van der Waals surface area contributed by atoms with Crippen molar-refractivity contribution < 1.29 is 4.79 Å². The van der Waals surface area contributed by atoms with Gasteiger partial charge >= 0.3 is 0 Å². The number of carbonyl (C=O) groups excluding carboxylic acids is 1. The number of aromatic nitrogens is 2. The molecule has 0 unspecified atom stereocenters. The first-order valence-electron chi connectivity index (χ1n) is 4.91. The lowest BCUT2D eigenvalue weighted by Gasteiger charge is -2.03. The van der Waals surface area contributed by atoms with Crippen LogP contribution in [-0.4, -0.2) is 15.9 Å². The fourth-order valence-electron chi connectivity index (χ4n) is 1.22. The summed E-state index contributed by atoms with van der Waals surface area (Å²) in [4.78, 5) is 19.6. The number of amides is 1. The Hall–Kier alpha value is -2.23. The molecule has 1 N–H and O–H groups in total. The van der Waals surface area contributed by atoms with Gasteiger partial charge in [-0.15, -0.1) is 0 Å². The Kier molecular flexibility index (Phi) is 2.91. The van der Waals surface area contributed by atoms with Gasteiger partial charge in [-0.05, 0) is 24.6 Å². The van der Waals surface area contributed by atoms with Gasteiger partial charge in [0.1, 0.15) is 0 Å². The lowest BCUT2D eigenvalue weighted by molar-refractivity contribution is 0.101. The first-order valence-corrected chi connectivity index (χ1v) is 4.91. The van der Waals surface area contributed by atoms with E-state index in [-0.39, 0.29) is 11.7 Å². The second kappa shape index (κ2) is 4.53. The third kappa shape index (κ3) is 2.42. The van der Waals surface area contributed by atoms with Crippen molar-refractivity contribution in [3.63, 3.8) is 0 Å². The zero-order chi connectivity index (χ0) is 11.4. The fraction of sp³-hybridized carbons (Fsp3) is 0.0833. The van der Waals surface area contributed by atoms with Gasteiger partial charge in [-0.25, -0.2) is 9.97 Å². The number of anilines is 1. The Morgan fingerprint density at radius 1 is 1.12 bits per heavy atom. The van der Waals surface area contributed by atoms with Crippen molar-refractivity contribution >= 4 is 11.6 Å². The van der Waals surface area contributed by atoms with Crippen molar-refractivity contribution in [3.05, 3.63) is 54.1 Å². The Labute approximate surface area is 93.4 Å². The summed E-state index contributed by atoms with van der Waals surface area (Å²) >= 11 is 0. The first-order chi connectivity index (χ1) is 7.75. The summed E-state index contributed by atoms with van der Waals surface area (Å²) in [7, 11) is 0. The summed E-state index contributed by atoms with van der Waals surface area (Å²) < 4.78 is 0. The summed E-state index contributed by atoms with van der Waals surface area (Å²) in [5.74, 6) is -0.124. The molecular formula is C12H11N3O. The Morgan fingerprint density at radius 2 is 1.75 bits per heavy atom. The van der Waals surface area contributed by atoms with E-state index in [2.05, 4.69) is 15.3 Å². The van der Waals surface area contributed by atoms with Crippen LogP contribution in [0.2, 0.25) is 0 Å². The number of hydrogen-bond acceptors (Lipinski definition) is 3. The number of nitrogens with one attached hydrogen (secondary N) is 1. The Balaban J connectivity index is 2.12. The molecule has 4 heteroatoms. The van der Waals surface area contributed by atoms with Gasteiger partial charge in [0.25, 0.3) is 5.91 Å². The van der Waals surface area contributed by atoms with Crippen molar-refractivity contribution in [3.8, 4) is 0 Å². The zero-order valence-corrected chi connectivity index (χ0v) is 8.84. The van der Waals surface area contributed by atoms with E-state index in [1.54, 1.807) is 12.4 Å². The van der Waals surface area contributed by atoms with Crippen LogP contribution < -0.4 is 5.32 Å². The van der Waals surface area contributed by atoms with Gasteiger partial charge in [0.15, 0.2) is 0 Å². The van der Waals surface area contributed by atoms with E-state index in [0.29, 0.717) is 0 Å². The maximum absolute atomic E-state index is 11.7. The van der Waals surface area contributed by atoms with E-state index in [1.807, 2.05) is 37.3 Å². The topological polar surface area (TPSA) is 54.9 Å². The summed E-state index contributed by atoms with van der Waals surface area (Å²) in [5.41, 5.74) is 1.66. The molecule has 1 aromatic carbocycles. The SMILES string of the molecule is Cc1cnc(C(=O)Nc2ccccc2)nc1. The molecule has 2 rings (SSSR count). The molecule has 0 bridgehead atoms. The van der Waals surface area contributed by atoms with Crippen molar-refractivity contribution in [2.75, 3.05) is 5.32 Å². The highest BCUT2D eigenvalue weighted by Crippen LogP contribution is 2.06. The predicted octanol–water partition coefficient (Wildman–Crippen LogP) is 2.04. The number of hydrogen-bond donors (Lipinski definition) is 1. The Morgan fingerprint density at radius 3 is 2.38 bits per heavy atom. The van der Waals surface area contributed by atoms with Crippen LogP contribution in [0.1, 0.15) is 16.2 Å². The van der Waals surface area contributed by atoms with E-state index in [4.69, 9.17) is 0 Å². The van der Waals surface area contributed by atoms with Gasteiger partial charge in [-0.2, -0.15) is 0 Å². The normalized spacial score (nSPS) is 9.81. The number of benzene rings is 1. The third-order valence-electron chi connectivity index (χ3n) is 2.02. The highest BCUT2D eigenvalue weighted by molar-refractivity contribution is 6.01. The van der Waals surface area contributed by atoms with Crippen LogP contribution >= 0.6 is 0 Å². The van der Waals surface area contributed by atoms with Crippen LogP contribution in [0.4, 0.5) is 5.69 Å². The van der Waals surface area contributed by atoms with E-state index < -0.39 is 0 Å². The molecule has 0 fully saturated rings. The Bertz CT molecular complexity index is 479. The largest absolute Gasteiger partial charge is 0.319 e. The zero-order valence-electron chi connectivity index (χ0n) is 8.84. The molecule has 0 saturated heterocycles. The van der Waals surface area contributed by atoms with Gasteiger partial charge < -0.3 is 5.32 Å². The first kappa shape index (κ1) is 10.3. The standard InChI is InChI=1S/C12H11N3O/c1-9-7-13-11(14-8-9)12(16)15-10-5-3-2-4-6-10/h2-8H,1H3,(H,15,16). The fourth-order valence-corrected chi connectivity index (χ4v) is 1.22. The highest BCUT2D eigenvalue weighted by atomic mass is 16.2. The van der Waals surface area contributed by atoms with Gasteiger partial charge in [-0.3, -0.25) is 4.79 Å². The molecule has 0 atom stereocenters. The van der Waals surface area contributed by atoms with Gasteiger partial charge in [-0.1, -0.05) is 18.2 Å². The molecule has 0 spiro atoms. The van der Waals surface area contributed by atoms with Gasteiger partial charge in [0.05, 0.1) is 0 Å².